The van der Waals surface area contributed by atoms with Gasteiger partial charge < -0.3 is 15.0 Å². The molecule has 0 bridgehead atoms. The lowest BCUT2D eigenvalue weighted by atomic mass is 10.2. The van der Waals surface area contributed by atoms with Crippen LogP contribution in [-0.2, 0) is 11.2 Å². The Kier molecular flexibility index (Phi) is 5.79. The van der Waals surface area contributed by atoms with Crippen molar-refractivity contribution in [3.63, 3.8) is 0 Å². The van der Waals surface area contributed by atoms with Crippen LogP contribution >= 0.6 is 0 Å². The molecular formula is C16H28N4O. The van der Waals surface area contributed by atoms with E-state index in [2.05, 4.69) is 43.0 Å². The van der Waals surface area contributed by atoms with Crippen molar-refractivity contribution in [3.8, 4) is 0 Å². The zero-order chi connectivity index (χ0) is 15.2. The van der Waals surface area contributed by atoms with Crippen LogP contribution in [0.5, 0.6) is 0 Å². The summed E-state index contributed by atoms with van der Waals surface area (Å²) in [5.41, 5.74) is 1.14. The summed E-state index contributed by atoms with van der Waals surface area (Å²) in [6.45, 7) is 9.02. The lowest BCUT2D eigenvalue weighted by Gasteiger charge is -2.27. The Morgan fingerprint density at radius 3 is 2.71 bits per heavy atom. The molecule has 1 aromatic rings. The third-order valence-corrected chi connectivity index (χ3v) is 3.97. The number of hydrogen-bond acceptors (Lipinski definition) is 5. The minimum absolute atomic E-state index is 0.423. The van der Waals surface area contributed by atoms with Gasteiger partial charge in [-0.2, -0.15) is 0 Å². The zero-order valence-corrected chi connectivity index (χ0v) is 13.8. The molecule has 1 aromatic heterocycles. The standard InChI is InChI=1S/C16H28N4O/c1-5-7-14-18-15(17-9-6-2)12(3)16(19-14)20(4)13-8-10-21-11-13/h13H,5-11H2,1-4H3,(H,17,18,19). The normalized spacial score (nSPS) is 18.0. The molecule has 1 saturated heterocycles. The average Bonchev–Trinajstić information content (AvgIpc) is 3.01. The maximum Gasteiger partial charge on any atom is 0.137 e. The Morgan fingerprint density at radius 1 is 1.29 bits per heavy atom. The minimum atomic E-state index is 0.423. The predicted molar refractivity (Wildman–Crippen MR) is 87.2 cm³/mol. The van der Waals surface area contributed by atoms with E-state index < -0.39 is 0 Å². The SMILES string of the molecule is CCCNc1nc(CCC)nc(N(C)C2CCOC2)c1C. The molecule has 2 rings (SSSR count). The second-order valence-corrected chi connectivity index (χ2v) is 5.74. The van der Waals surface area contributed by atoms with Gasteiger partial charge in [-0.05, 0) is 26.2 Å². The predicted octanol–water partition coefficient (Wildman–Crippen LogP) is 2.78. The molecule has 2 heterocycles. The first-order chi connectivity index (χ1) is 10.2. The average molecular weight is 292 g/mol. The van der Waals surface area contributed by atoms with E-state index in [0.717, 1.165) is 68.5 Å². The van der Waals surface area contributed by atoms with Gasteiger partial charge in [-0.25, -0.2) is 9.97 Å². The van der Waals surface area contributed by atoms with Crippen LogP contribution in [0.2, 0.25) is 0 Å². The largest absolute Gasteiger partial charge is 0.379 e. The van der Waals surface area contributed by atoms with Crippen LogP contribution < -0.4 is 10.2 Å². The number of likely N-dealkylation sites (N-methyl/N-ethyl adjacent to an activating group) is 1. The van der Waals surface area contributed by atoms with Crippen molar-refractivity contribution >= 4 is 11.6 Å². The number of anilines is 2. The number of hydrogen-bond donors (Lipinski definition) is 1. The lowest BCUT2D eigenvalue weighted by molar-refractivity contribution is 0.193. The highest BCUT2D eigenvalue weighted by molar-refractivity contribution is 5.59. The van der Waals surface area contributed by atoms with Crippen molar-refractivity contribution in [2.24, 2.45) is 0 Å². The summed E-state index contributed by atoms with van der Waals surface area (Å²) in [6, 6.07) is 0.423. The lowest BCUT2D eigenvalue weighted by Crippen LogP contribution is -2.33. The molecule has 118 valence electrons. The second-order valence-electron chi connectivity index (χ2n) is 5.74. The summed E-state index contributed by atoms with van der Waals surface area (Å²) in [5, 5.41) is 3.44. The van der Waals surface area contributed by atoms with Crippen molar-refractivity contribution in [1.29, 1.82) is 0 Å². The molecule has 1 N–H and O–H groups in total. The van der Waals surface area contributed by atoms with Crippen LogP contribution in [0.25, 0.3) is 0 Å². The molecule has 1 aliphatic rings. The highest BCUT2D eigenvalue weighted by atomic mass is 16.5. The van der Waals surface area contributed by atoms with E-state index in [1.807, 2.05) is 0 Å². The monoisotopic (exact) mass is 292 g/mol. The fraction of sp³-hybridized carbons (Fsp3) is 0.750. The molecule has 0 amide bonds. The summed E-state index contributed by atoms with van der Waals surface area (Å²) < 4.78 is 5.51. The van der Waals surface area contributed by atoms with Gasteiger partial charge in [-0.3, -0.25) is 0 Å². The first kappa shape index (κ1) is 16.0. The van der Waals surface area contributed by atoms with Crippen molar-refractivity contribution < 1.29 is 4.74 Å². The summed E-state index contributed by atoms with van der Waals surface area (Å²) >= 11 is 0. The van der Waals surface area contributed by atoms with Crippen molar-refractivity contribution in [3.05, 3.63) is 11.4 Å². The maximum absolute atomic E-state index is 5.51. The molecule has 1 aliphatic heterocycles. The third-order valence-electron chi connectivity index (χ3n) is 3.97. The van der Waals surface area contributed by atoms with Gasteiger partial charge in [0.1, 0.15) is 17.5 Å². The molecule has 0 aliphatic carbocycles. The molecule has 0 saturated carbocycles. The van der Waals surface area contributed by atoms with Crippen molar-refractivity contribution in [2.45, 2.75) is 52.5 Å². The number of aromatic nitrogens is 2. The van der Waals surface area contributed by atoms with Crippen molar-refractivity contribution in [2.75, 3.05) is 37.0 Å². The number of aryl methyl sites for hydroxylation is 1. The van der Waals surface area contributed by atoms with Gasteiger partial charge in [0.15, 0.2) is 0 Å². The van der Waals surface area contributed by atoms with Crippen LogP contribution in [0.15, 0.2) is 0 Å². The molecule has 21 heavy (non-hydrogen) atoms. The van der Waals surface area contributed by atoms with E-state index in [1.54, 1.807) is 0 Å². The topological polar surface area (TPSA) is 50.3 Å². The number of nitrogens with one attached hydrogen (secondary N) is 1. The molecule has 1 atom stereocenters. The Bertz CT molecular complexity index is 458. The minimum Gasteiger partial charge on any atom is -0.379 e. The molecule has 5 nitrogen and oxygen atoms in total. The molecule has 0 spiro atoms. The second kappa shape index (κ2) is 7.59. The van der Waals surface area contributed by atoms with Crippen LogP contribution in [-0.4, -0.2) is 42.8 Å². The van der Waals surface area contributed by atoms with Gasteiger partial charge in [0.25, 0.3) is 0 Å². The number of rotatable bonds is 7. The van der Waals surface area contributed by atoms with Gasteiger partial charge in [-0.15, -0.1) is 0 Å². The summed E-state index contributed by atoms with van der Waals surface area (Å²) in [5.74, 6) is 2.96. The molecule has 0 aromatic carbocycles. The maximum atomic E-state index is 5.51. The van der Waals surface area contributed by atoms with Crippen LogP contribution in [0.1, 0.15) is 44.5 Å². The van der Waals surface area contributed by atoms with Crippen LogP contribution in [0, 0.1) is 6.92 Å². The van der Waals surface area contributed by atoms with E-state index in [-0.39, 0.29) is 0 Å². The van der Waals surface area contributed by atoms with Gasteiger partial charge in [0.2, 0.25) is 0 Å². The molecule has 1 unspecified atom stereocenters. The first-order valence-electron chi connectivity index (χ1n) is 8.09. The van der Waals surface area contributed by atoms with Crippen LogP contribution in [0.4, 0.5) is 11.6 Å². The molecule has 0 radical (unpaired) electrons. The van der Waals surface area contributed by atoms with Gasteiger partial charge in [0.05, 0.1) is 12.6 Å². The Morgan fingerprint density at radius 2 is 2.10 bits per heavy atom. The summed E-state index contributed by atoms with van der Waals surface area (Å²) in [4.78, 5) is 11.7. The van der Waals surface area contributed by atoms with Gasteiger partial charge in [-0.1, -0.05) is 13.8 Å². The zero-order valence-electron chi connectivity index (χ0n) is 13.8. The third kappa shape index (κ3) is 3.84. The smallest absolute Gasteiger partial charge is 0.137 e. The van der Waals surface area contributed by atoms with Crippen LogP contribution in [0.3, 0.4) is 0 Å². The number of ether oxygens (including phenoxy) is 1. The van der Waals surface area contributed by atoms with Gasteiger partial charge >= 0.3 is 0 Å². The van der Waals surface area contributed by atoms with Gasteiger partial charge in [0, 0.05) is 32.2 Å². The molecule has 5 heteroatoms. The van der Waals surface area contributed by atoms with Crippen molar-refractivity contribution in [1.82, 2.24) is 9.97 Å². The number of nitrogens with zero attached hydrogens (tertiary/aromatic N) is 3. The fourth-order valence-corrected chi connectivity index (χ4v) is 2.64. The first-order valence-corrected chi connectivity index (χ1v) is 8.09. The van der Waals surface area contributed by atoms with E-state index in [9.17, 15) is 0 Å². The highest BCUT2D eigenvalue weighted by Crippen LogP contribution is 2.26. The Balaban J connectivity index is 2.30. The Hall–Kier alpha value is -1.36. The van der Waals surface area contributed by atoms with E-state index >= 15 is 0 Å². The van der Waals surface area contributed by atoms with E-state index in [0.29, 0.717) is 6.04 Å². The van der Waals surface area contributed by atoms with E-state index in [1.165, 1.54) is 0 Å². The fourth-order valence-electron chi connectivity index (χ4n) is 2.64. The molecule has 1 fully saturated rings. The summed E-state index contributed by atoms with van der Waals surface area (Å²) in [6.07, 6.45) is 4.14. The van der Waals surface area contributed by atoms with E-state index in [4.69, 9.17) is 9.72 Å². The highest BCUT2D eigenvalue weighted by Gasteiger charge is 2.24. The Labute approximate surface area is 128 Å². The summed E-state index contributed by atoms with van der Waals surface area (Å²) in [7, 11) is 2.12. The quantitative estimate of drug-likeness (QED) is 0.837. The molecular weight excluding hydrogens is 264 g/mol.